The molecular weight excluding hydrogens is 519 g/mol. The maximum atomic E-state index is 7.50. The number of ether oxygens (including phenoxy) is 4. The van der Waals surface area contributed by atoms with Crippen LogP contribution < -0.4 is 0 Å². The van der Waals surface area contributed by atoms with Gasteiger partial charge >= 0.3 is 33.9 Å². The normalized spacial score (nSPS) is 10.8. The molecule has 0 bridgehead atoms. The molecule has 1 aliphatic rings. The monoisotopic (exact) mass is 562 g/mol. The SMILES string of the molecule is CC(C)(C)C1=CC=C(C(C)(C)C)[CH]1.COCCOC.COCCOC.[C-]#[O+].[C-]#[O+].[C-]#[O+].[Mo].[Na]. The molecule has 0 atom stereocenters. The summed E-state index contributed by atoms with van der Waals surface area (Å²) in [6, 6.07) is 0. The number of hydrogen-bond donors (Lipinski definition) is 0. The average Bonchev–Trinajstić information content (AvgIpc) is 3.28. The zero-order valence-corrected chi connectivity index (χ0v) is 26.3. The molecule has 0 N–H and O–H groups in total. The molecule has 0 saturated carbocycles. The Morgan fingerprint density at radius 1 is 0.576 bits per heavy atom. The quantitative estimate of drug-likeness (QED) is 0.210. The van der Waals surface area contributed by atoms with Gasteiger partial charge in [0.15, 0.2) is 0 Å². The topological polar surface area (TPSA) is 96.6 Å². The van der Waals surface area contributed by atoms with Gasteiger partial charge in [0.2, 0.25) is 0 Å². The third-order valence-corrected chi connectivity index (χ3v) is 3.47. The first-order valence-electron chi connectivity index (χ1n) is 9.39. The van der Waals surface area contributed by atoms with Crippen LogP contribution in [-0.4, -0.2) is 84.4 Å². The molecule has 33 heavy (non-hydrogen) atoms. The van der Waals surface area contributed by atoms with E-state index >= 15 is 0 Å². The summed E-state index contributed by atoms with van der Waals surface area (Å²) >= 11 is 0. The van der Waals surface area contributed by atoms with Crippen molar-refractivity contribution in [2.75, 3.05) is 54.9 Å². The Morgan fingerprint density at radius 2 is 0.758 bits per heavy atom. The van der Waals surface area contributed by atoms with Gasteiger partial charge in [-0.2, -0.15) is 0 Å². The van der Waals surface area contributed by atoms with Crippen LogP contribution in [0.4, 0.5) is 0 Å². The van der Waals surface area contributed by atoms with E-state index in [-0.39, 0.29) is 61.5 Å². The average molecular weight is 561 g/mol. The summed E-state index contributed by atoms with van der Waals surface area (Å²) in [5.74, 6) is 0. The number of allylic oxidation sites excluding steroid dienone is 4. The Balaban J connectivity index is -0.0000000581. The molecule has 1 aliphatic carbocycles. The van der Waals surface area contributed by atoms with Crippen molar-refractivity contribution in [2.45, 2.75) is 41.5 Å². The van der Waals surface area contributed by atoms with Crippen LogP contribution in [0.3, 0.4) is 0 Å². The minimum atomic E-state index is 0. The summed E-state index contributed by atoms with van der Waals surface area (Å²) in [5.41, 5.74) is 3.45. The molecule has 0 fully saturated rings. The fourth-order valence-electron chi connectivity index (χ4n) is 1.71. The van der Waals surface area contributed by atoms with Crippen LogP contribution in [0.1, 0.15) is 41.5 Å². The summed E-state index contributed by atoms with van der Waals surface area (Å²) < 4.78 is 41.1. The zero-order valence-electron chi connectivity index (χ0n) is 22.3. The predicted molar refractivity (Wildman–Crippen MR) is 124 cm³/mol. The van der Waals surface area contributed by atoms with Gasteiger partial charge in [0.25, 0.3) is 0 Å². The van der Waals surface area contributed by atoms with E-state index in [0.29, 0.717) is 26.4 Å². The van der Waals surface area contributed by atoms with E-state index in [1.165, 1.54) is 11.1 Å². The first-order valence-corrected chi connectivity index (χ1v) is 9.39. The number of methoxy groups -OCH3 is 4. The van der Waals surface area contributed by atoms with Gasteiger partial charge < -0.3 is 18.9 Å². The number of rotatable bonds is 6. The van der Waals surface area contributed by atoms with E-state index in [1.54, 1.807) is 28.4 Å². The molecule has 1 rings (SSSR count). The molecule has 186 valence electrons. The fourth-order valence-corrected chi connectivity index (χ4v) is 1.71. The van der Waals surface area contributed by atoms with Gasteiger partial charge in [0, 0.05) is 85.5 Å². The van der Waals surface area contributed by atoms with Crippen LogP contribution in [0.2, 0.25) is 0 Å². The summed E-state index contributed by atoms with van der Waals surface area (Å²) in [4.78, 5) is 0. The second kappa shape index (κ2) is 36.8. The Kier molecular flexibility index (Phi) is 55.9. The van der Waals surface area contributed by atoms with E-state index in [1.807, 2.05) is 0 Å². The predicted octanol–water partition coefficient (Wildman–Crippen LogP) is 4.21. The summed E-state index contributed by atoms with van der Waals surface area (Å²) in [7, 11) is 6.61. The smallest absolute Gasteiger partial charge is 0 e. The molecule has 0 heterocycles. The Hall–Kier alpha value is 0.228. The van der Waals surface area contributed by atoms with Crippen molar-refractivity contribution in [3.63, 3.8) is 0 Å². The van der Waals surface area contributed by atoms with Crippen LogP contribution >= 0.6 is 0 Å². The molecule has 0 unspecified atom stereocenters. The summed E-state index contributed by atoms with van der Waals surface area (Å²) in [5, 5.41) is 0. The molecule has 7 nitrogen and oxygen atoms in total. The second-order valence-corrected chi connectivity index (χ2v) is 7.86. The van der Waals surface area contributed by atoms with Gasteiger partial charge in [-0.15, -0.1) is 0 Å². The van der Waals surface area contributed by atoms with E-state index in [0.717, 1.165) is 0 Å². The third-order valence-electron chi connectivity index (χ3n) is 3.47. The van der Waals surface area contributed by atoms with Gasteiger partial charge in [0.1, 0.15) is 0 Å². The van der Waals surface area contributed by atoms with Crippen molar-refractivity contribution in [2.24, 2.45) is 10.8 Å². The van der Waals surface area contributed by atoms with Crippen molar-refractivity contribution >= 4 is 29.6 Å². The van der Waals surface area contributed by atoms with Crippen LogP contribution in [0.5, 0.6) is 0 Å². The maximum Gasteiger partial charge on any atom is 0 e. The molecule has 9 heteroatoms. The molecule has 0 aromatic rings. The van der Waals surface area contributed by atoms with Crippen LogP contribution in [0, 0.1) is 37.2 Å². The van der Waals surface area contributed by atoms with Gasteiger partial charge in [-0.25, -0.2) is 0 Å². The molecule has 0 saturated heterocycles. The standard InChI is InChI=1S/C13H21.2C4H10O2.3CO.Mo.Na/c1-12(2,3)10-7-8-11(9-10)13(4,5)6;2*1-5-3-4-6-2;3*1-2;;/h7-9H,1-6H3;2*3-4H2,1-2H3;;;;;. The molecule has 0 aromatic heterocycles. The molecule has 0 amide bonds. The van der Waals surface area contributed by atoms with Crippen LogP contribution in [0.15, 0.2) is 23.3 Å². The van der Waals surface area contributed by atoms with Gasteiger partial charge in [-0.3, -0.25) is 0 Å². The molecule has 2 radical (unpaired) electrons. The Morgan fingerprint density at radius 3 is 0.848 bits per heavy atom. The van der Waals surface area contributed by atoms with Gasteiger partial charge in [0.05, 0.1) is 26.4 Å². The van der Waals surface area contributed by atoms with Crippen LogP contribution in [0.25, 0.3) is 0 Å². The minimum Gasteiger partial charge on any atom is 0 e. The van der Waals surface area contributed by atoms with Gasteiger partial charge in [-0.1, -0.05) is 64.8 Å². The molecular formula is C24H41MoNaO7. The van der Waals surface area contributed by atoms with E-state index in [4.69, 9.17) is 14.0 Å². The first kappa shape index (κ1) is 50.2. The van der Waals surface area contributed by atoms with Crippen molar-refractivity contribution in [3.8, 4) is 0 Å². The number of hydrogen-bond acceptors (Lipinski definition) is 4. The van der Waals surface area contributed by atoms with Crippen molar-refractivity contribution < 1.29 is 54.0 Å². The van der Waals surface area contributed by atoms with Crippen LogP contribution in [-0.2, 0) is 54.0 Å². The molecule has 0 spiro atoms. The summed E-state index contributed by atoms with van der Waals surface area (Å²) in [6.45, 7) is 29.8. The maximum absolute atomic E-state index is 7.50. The third kappa shape index (κ3) is 39.7. The zero-order chi connectivity index (χ0) is 25.9. The Labute approximate surface area is 239 Å². The minimum absolute atomic E-state index is 0. The summed E-state index contributed by atoms with van der Waals surface area (Å²) in [6.07, 6.45) is 6.83. The van der Waals surface area contributed by atoms with Crippen molar-refractivity contribution in [3.05, 3.63) is 49.7 Å². The molecule has 0 aromatic carbocycles. The van der Waals surface area contributed by atoms with E-state index in [2.05, 4.69) is 99.0 Å². The second-order valence-electron chi connectivity index (χ2n) is 7.86. The fraction of sp³-hybridized carbons (Fsp3) is 0.667. The van der Waals surface area contributed by atoms with E-state index in [9.17, 15) is 0 Å². The largest absolute Gasteiger partial charge is 0 e. The van der Waals surface area contributed by atoms with E-state index < -0.39 is 0 Å². The van der Waals surface area contributed by atoms with Crippen molar-refractivity contribution in [1.29, 1.82) is 0 Å². The first-order chi connectivity index (χ1) is 14.5. The van der Waals surface area contributed by atoms with Crippen molar-refractivity contribution in [1.82, 2.24) is 0 Å². The molecule has 0 aliphatic heterocycles. The van der Waals surface area contributed by atoms with Gasteiger partial charge in [-0.05, 0) is 10.8 Å². The Bertz CT molecular complexity index is 441.